The van der Waals surface area contributed by atoms with Crippen molar-refractivity contribution < 1.29 is 4.79 Å². The number of hydrogen-bond donors (Lipinski definition) is 2. The van der Waals surface area contributed by atoms with E-state index in [1.165, 1.54) is 0 Å². The molecule has 3 aromatic rings. The summed E-state index contributed by atoms with van der Waals surface area (Å²) in [4.78, 5) is 24.4. The van der Waals surface area contributed by atoms with Gasteiger partial charge < -0.3 is 15.5 Å². The van der Waals surface area contributed by atoms with Gasteiger partial charge in [0.05, 0.1) is 11.1 Å². The number of nitrogens with zero attached hydrogens (tertiary/aromatic N) is 5. The Morgan fingerprint density at radius 3 is 2.83 bits per heavy atom. The van der Waals surface area contributed by atoms with Crippen molar-refractivity contribution in [2.24, 2.45) is 5.92 Å². The number of aromatic nitrogens is 4. The number of fused-ring (bicyclic) bond motifs is 2. The van der Waals surface area contributed by atoms with Crippen LogP contribution < -0.4 is 16.1 Å². The lowest BCUT2D eigenvalue weighted by molar-refractivity contribution is -0.116. The van der Waals surface area contributed by atoms with Gasteiger partial charge in [0.25, 0.3) is 0 Å². The van der Waals surface area contributed by atoms with E-state index in [4.69, 9.17) is 12.8 Å². The van der Waals surface area contributed by atoms with E-state index in [1.54, 1.807) is 6.07 Å². The van der Waals surface area contributed by atoms with E-state index in [-0.39, 0.29) is 5.91 Å². The van der Waals surface area contributed by atoms with Gasteiger partial charge in [0.2, 0.25) is 11.9 Å². The Hall–Kier alpha value is -2.94. The lowest BCUT2D eigenvalue weighted by atomic mass is 9.88. The fraction of sp³-hybridized carbons (Fsp3) is 0.429. The molecule has 154 valence electrons. The number of carbonyl (C=O) groups excluding carboxylic acids is 1. The smallest absolute Gasteiger partial charge is 0.238 e. The number of nitrogens with one attached hydrogen (secondary N) is 2. The molecule has 1 aliphatic heterocycles. The number of amides is 1. The minimum atomic E-state index is -0.555. The van der Waals surface area contributed by atoms with Crippen LogP contribution in [0.5, 0.6) is 0 Å². The standard InChI is InChI=1S/C21H26BN7O/c1-12(2)10-29-11-15-18(17-14-9-13(22)5-6-16(14)24-20(17)30)25-21(26-19(15)27-29)23-7-8-28(3)4/h5-6,9,11-12,17H,7-8,10H2,1-4H3,(H,24,30)(H,23,26,27). The molecule has 2 radical (unpaired) electrons. The van der Waals surface area contributed by atoms with Gasteiger partial charge in [0, 0.05) is 31.5 Å². The van der Waals surface area contributed by atoms with Crippen LogP contribution >= 0.6 is 0 Å². The van der Waals surface area contributed by atoms with E-state index in [2.05, 4.69) is 39.5 Å². The summed E-state index contributed by atoms with van der Waals surface area (Å²) in [6.07, 6.45) is 1.94. The Bertz CT molecular complexity index is 1090. The summed E-state index contributed by atoms with van der Waals surface area (Å²) in [5.74, 6) is 0.231. The van der Waals surface area contributed by atoms with Gasteiger partial charge in [-0.2, -0.15) is 10.1 Å². The molecule has 1 amide bonds. The second kappa shape index (κ2) is 8.06. The number of benzene rings is 1. The largest absolute Gasteiger partial charge is 0.353 e. The molecule has 0 saturated heterocycles. The molecule has 1 aliphatic rings. The molecular formula is C21H26BN7O. The third-order valence-electron chi connectivity index (χ3n) is 5.03. The molecule has 2 aromatic heterocycles. The topological polar surface area (TPSA) is 88.0 Å². The quantitative estimate of drug-likeness (QED) is 0.579. The first-order valence-corrected chi connectivity index (χ1v) is 10.2. The van der Waals surface area contributed by atoms with Gasteiger partial charge in [-0.25, -0.2) is 4.98 Å². The summed E-state index contributed by atoms with van der Waals surface area (Å²) >= 11 is 0. The first-order chi connectivity index (χ1) is 14.3. The maximum Gasteiger partial charge on any atom is 0.238 e. The average Bonchev–Trinajstić information content (AvgIpc) is 3.19. The summed E-state index contributed by atoms with van der Waals surface area (Å²) < 4.78 is 1.88. The van der Waals surface area contributed by atoms with Crippen molar-refractivity contribution in [1.29, 1.82) is 0 Å². The molecule has 0 spiro atoms. The average molecular weight is 403 g/mol. The van der Waals surface area contributed by atoms with E-state index in [0.29, 0.717) is 35.2 Å². The molecule has 0 fully saturated rings. The predicted molar refractivity (Wildman–Crippen MR) is 120 cm³/mol. The van der Waals surface area contributed by atoms with Crippen LogP contribution in [-0.2, 0) is 11.3 Å². The minimum absolute atomic E-state index is 0.119. The zero-order chi connectivity index (χ0) is 21.4. The zero-order valence-corrected chi connectivity index (χ0v) is 17.8. The van der Waals surface area contributed by atoms with Crippen LogP contribution in [0.15, 0.2) is 24.4 Å². The highest BCUT2D eigenvalue weighted by Gasteiger charge is 2.35. The lowest BCUT2D eigenvalue weighted by Crippen LogP contribution is -2.22. The Morgan fingerprint density at radius 1 is 1.30 bits per heavy atom. The Morgan fingerprint density at radius 2 is 2.10 bits per heavy atom. The minimum Gasteiger partial charge on any atom is -0.353 e. The van der Waals surface area contributed by atoms with Gasteiger partial charge >= 0.3 is 0 Å². The van der Waals surface area contributed by atoms with Gasteiger partial charge in [-0.15, -0.1) is 0 Å². The van der Waals surface area contributed by atoms with Crippen LogP contribution in [0.3, 0.4) is 0 Å². The highest BCUT2D eigenvalue weighted by Crippen LogP contribution is 2.38. The van der Waals surface area contributed by atoms with Crippen molar-refractivity contribution in [2.75, 3.05) is 37.8 Å². The van der Waals surface area contributed by atoms with E-state index >= 15 is 0 Å². The maximum atomic E-state index is 12.9. The summed E-state index contributed by atoms with van der Waals surface area (Å²) in [5, 5.41) is 11.6. The van der Waals surface area contributed by atoms with Crippen molar-refractivity contribution in [1.82, 2.24) is 24.6 Å². The fourth-order valence-electron chi connectivity index (χ4n) is 3.68. The van der Waals surface area contributed by atoms with Crippen molar-refractivity contribution in [2.45, 2.75) is 26.3 Å². The molecule has 30 heavy (non-hydrogen) atoms. The number of anilines is 2. The monoisotopic (exact) mass is 403 g/mol. The van der Waals surface area contributed by atoms with Crippen molar-refractivity contribution in [3.05, 3.63) is 35.7 Å². The molecular weight excluding hydrogens is 377 g/mol. The van der Waals surface area contributed by atoms with Gasteiger partial charge in [-0.3, -0.25) is 9.48 Å². The molecule has 9 heteroatoms. The lowest BCUT2D eigenvalue weighted by Gasteiger charge is -2.13. The SMILES string of the molecule is [B]c1ccc2c(c1)C(c1nc(NCCN(C)C)nc3nn(CC(C)C)cc13)C(=O)N2. The number of rotatable bonds is 7. The van der Waals surface area contributed by atoms with Crippen LogP contribution in [0.25, 0.3) is 11.0 Å². The van der Waals surface area contributed by atoms with Gasteiger partial charge in [0.15, 0.2) is 5.65 Å². The molecule has 0 bridgehead atoms. The first kappa shape index (κ1) is 20.3. The zero-order valence-electron chi connectivity index (χ0n) is 17.8. The van der Waals surface area contributed by atoms with E-state index in [9.17, 15) is 4.79 Å². The van der Waals surface area contributed by atoms with E-state index in [1.807, 2.05) is 37.1 Å². The van der Waals surface area contributed by atoms with E-state index < -0.39 is 5.92 Å². The van der Waals surface area contributed by atoms with Gasteiger partial charge in [-0.1, -0.05) is 31.4 Å². The second-order valence-corrected chi connectivity index (χ2v) is 8.41. The van der Waals surface area contributed by atoms with Crippen molar-refractivity contribution >= 4 is 41.9 Å². The summed E-state index contributed by atoms with van der Waals surface area (Å²) in [7, 11) is 10.0. The summed E-state index contributed by atoms with van der Waals surface area (Å²) in [6, 6.07) is 5.45. The van der Waals surface area contributed by atoms with Crippen LogP contribution in [0.2, 0.25) is 0 Å². The molecule has 4 rings (SSSR count). The number of hydrogen-bond acceptors (Lipinski definition) is 6. The summed E-state index contributed by atoms with van der Waals surface area (Å²) in [5.41, 5.74) is 3.43. The van der Waals surface area contributed by atoms with Crippen LogP contribution in [0.1, 0.15) is 31.0 Å². The predicted octanol–water partition coefficient (Wildman–Crippen LogP) is 1.33. The van der Waals surface area contributed by atoms with Gasteiger partial charge in [0.1, 0.15) is 13.8 Å². The molecule has 8 nitrogen and oxygen atoms in total. The maximum absolute atomic E-state index is 12.9. The number of likely N-dealkylation sites (N-methyl/N-ethyl adjacent to an activating group) is 1. The molecule has 3 heterocycles. The van der Waals surface area contributed by atoms with Crippen molar-refractivity contribution in [3.63, 3.8) is 0 Å². The van der Waals surface area contributed by atoms with Gasteiger partial charge in [-0.05, 0) is 31.6 Å². The third kappa shape index (κ3) is 4.02. The fourth-order valence-corrected chi connectivity index (χ4v) is 3.68. The second-order valence-electron chi connectivity index (χ2n) is 8.41. The normalized spacial score (nSPS) is 15.8. The first-order valence-electron chi connectivity index (χ1n) is 10.2. The van der Waals surface area contributed by atoms with Crippen LogP contribution in [0.4, 0.5) is 11.6 Å². The third-order valence-corrected chi connectivity index (χ3v) is 5.03. The highest BCUT2D eigenvalue weighted by molar-refractivity contribution is 6.32. The summed E-state index contributed by atoms with van der Waals surface area (Å²) in [6.45, 7) is 6.56. The highest BCUT2D eigenvalue weighted by atomic mass is 16.2. The Labute approximate surface area is 177 Å². The van der Waals surface area contributed by atoms with Crippen molar-refractivity contribution in [3.8, 4) is 0 Å². The number of carbonyl (C=O) groups is 1. The molecule has 1 atom stereocenters. The Balaban J connectivity index is 1.81. The molecule has 1 aromatic carbocycles. The Kier molecular flexibility index (Phi) is 5.47. The molecule has 0 saturated carbocycles. The van der Waals surface area contributed by atoms with E-state index in [0.717, 1.165) is 29.7 Å². The van der Waals surface area contributed by atoms with Crippen LogP contribution in [-0.4, -0.2) is 65.6 Å². The van der Waals surface area contributed by atoms with Crippen LogP contribution in [0, 0.1) is 5.92 Å². The molecule has 0 aliphatic carbocycles. The molecule has 2 N–H and O–H groups in total. The molecule has 1 unspecified atom stereocenters.